The first-order chi connectivity index (χ1) is 11.7. The summed E-state index contributed by atoms with van der Waals surface area (Å²) in [5.41, 5.74) is 10.6. The molecule has 1 unspecified atom stereocenters. The van der Waals surface area contributed by atoms with Gasteiger partial charge >= 0.3 is 0 Å². The minimum atomic E-state index is -0.624. The van der Waals surface area contributed by atoms with Crippen LogP contribution in [-0.4, -0.2) is 17.4 Å². The van der Waals surface area contributed by atoms with Crippen LogP contribution in [0.25, 0.3) is 10.9 Å². The lowest BCUT2D eigenvalue weighted by molar-refractivity contribution is -0.122. The first kappa shape index (κ1) is 19.0. The van der Waals surface area contributed by atoms with Crippen LogP contribution in [0.2, 0.25) is 0 Å². The van der Waals surface area contributed by atoms with Gasteiger partial charge in [0.25, 0.3) is 0 Å². The van der Waals surface area contributed by atoms with Crippen LogP contribution in [-0.2, 0) is 17.6 Å². The molecule has 3 aromatic rings. The highest BCUT2D eigenvalue weighted by Gasteiger charge is 2.15. The number of amides is 1. The number of carbonyl (C=O) groups excluding carboxylic acids is 1. The van der Waals surface area contributed by atoms with Gasteiger partial charge in [-0.2, -0.15) is 0 Å². The van der Waals surface area contributed by atoms with E-state index in [-0.39, 0.29) is 18.3 Å². The third-order valence-electron chi connectivity index (χ3n) is 4.40. The van der Waals surface area contributed by atoms with Crippen LogP contribution in [0.5, 0.6) is 0 Å². The zero-order valence-corrected chi connectivity index (χ0v) is 15.1. The van der Waals surface area contributed by atoms with Gasteiger partial charge in [0.2, 0.25) is 5.91 Å². The molecule has 25 heavy (non-hydrogen) atoms. The summed E-state index contributed by atoms with van der Waals surface area (Å²) in [7, 11) is 0. The Morgan fingerprint density at radius 3 is 2.60 bits per heavy atom. The van der Waals surface area contributed by atoms with Crippen LogP contribution in [0, 0.1) is 0 Å². The van der Waals surface area contributed by atoms with Crippen LogP contribution in [0.15, 0.2) is 54.7 Å². The Labute approximate surface area is 154 Å². The molecule has 4 N–H and O–H groups in total. The molecule has 0 radical (unpaired) electrons. The van der Waals surface area contributed by atoms with Crippen LogP contribution in [0.3, 0.4) is 0 Å². The molecule has 0 bridgehead atoms. The molecule has 1 aromatic heterocycles. The third-order valence-corrected chi connectivity index (χ3v) is 4.40. The topological polar surface area (TPSA) is 70.9 Å². The highest BCUT2D eigenvalue weighted by molar-refractivity contribution is 5.86. The molecule has 1 heterocycles. The Morgan fingerprint density at radius 2 is 1.88 bits per heavy atom. The summed E-state index contributed by atoms with van der Waals surface area (Å²) >= 11 is 0. The zero-order valence-electron chi connectivity index (χ0n) is 14.3. The van der Waals surface area contributed by atoms with Crippen molar-refractivity contribution >= 4 is 29.2 Å². The first-order valence-electron chi connectivity index (χ1n) is 8.36. The second-order valence-corrected chi connectivity index (χ2v) is 5.94. The SMILES string of the molecule is CCc1cccc2c(CCNC(=O)C(N)c3ccccc3)c[nH]c12.Cl. The quantitative estimate of drug-likeness (QED) is 0.631. The Balaban J connectivity index is 0.00000225. The maximum atomic E-state index is 12.2. The number of H-pyrrole nitrogens is 1. The highest BCUT2D eigenvalue weighted by atomic mass is 35.5. The number of para-hydroxylation sites is 1. The van der Waals surface area contributed by atoms with Gasteiger partial charge in [0, 0.05) is 23.6 Å². The largest absolute Gasteiger partial charge is 0.361 e. The predicted molar refractivity (Wildman–Crippen MR) is 105 cm³/mol. The van der Waals surface area contributed by atoms with Crippen molar-refractivity contribution in [3.63, 3.8) is 0 Å². The van der Waals surface area contributed by atoms with Gasteiger partial charge in [-0.1, -0.05) is 55.5 Å². The normalized spacial score (nSPS) is 11.8. The maximum Gasteiger partial charge on any atom is 0.241 e. The summed E-state index contributed by atoms with van der Waals surface area (Å²) in [6, 6.07) is 15.2. The molecule has 0 fully saturated rings. The lowest BCUT2D eigenvalue weighted by atomic mass is 10.1. The minimum absolute atomic E-state index is 0. The van der Waals surface area contributed by atoms with Crippen molar-refractivity contribution < 1.29 is 4.79 Å². The van der Waals surface area contributed by atoms with E-state index in [1.165, 1.54) is 22.0 Å². The number of aromatic amines is 1. The number of rotatable bonds is 6. The molecule has 0 spiro atoms. The molecular formula is C20H24ClN3O. The van der Waals surface area contributed by atoms with Crippen molar-refractivity contribution in [3.8, 4) is 0 Å². The van der Waals surface area contributed by atoms with Gasteiger partial charge in [-0.25, -0.2) is 0 Å². The zero-order chi connectivity index (χ0) is 16.9. The maximum absolute atomic E-state index is 12.2. The number of aromatic nitrogens is 1. The summed E-state index contributed by atoms with van der Waals surface area (Å²) in [4.78, 5) is 15.5. The van der Waals surface area contributed by atoms with Crippen molar-refractivity contribution in [1.82, 2.24) is 10.3 Å². The van der Waals surface area contributed by atoms with E-state index in [1.807, 2.05) is 36.5 Å². The average Bonchev–Trinajstić information content (AvgIpc) is 3.05. The fourth-order valence-corrected chi connectivity index (χ4v) is 3.02. The minimum Gasteiger partial charge on any atom is -0.361 e. The molecule has 0 aliphatic heterocycles. The monoisotopic (exact) mass is 357 g/mol. The number of hydrogen-bond acceptors (Lipinski definition) is 2. The Morgan fingerprint density at radius 1 is 1.12 bits per heavy atom. The van der Waals surface area contributed by atoms with Crippen LogP contribution in [0.4, 0.5) is 0 Å². The molecular weight excluding hydrogens is 334 g/mol. The lowest BCUT2D eigenvalue weighted by Crippen LogP contribution is -2.35. The smallest absolute Gasteiger partial charge is 0.241 e. The van der Waals surface area contributed by atoms with E-state index >= 15 is 0 Å². The number of hydrogen-bond donors (Lipinski definition) is 3. The van der Waals surface area contributed by atoms with E-state index in [4.69, 9.17) is 5.73 Å². The van der Waals surface area contributed by atoms with E-state index < -0.39 is 6.04 Å². The Kier molecular flexibility index (Phi) is 6.62. The second-order valence-electron chi connectivity index (χ2n) is 5.94. The van der Waals surface area contributed by atoms with E-state index in [1.54, 1.807) is 0 Å². The molecule has 5 heteroatoms. The van der Waals surface area contributed by atoms with E-state index in [0.29, 0.717) is 6.54 Å². The van der Waals surface area contributed by atoms with Crippen molar-refractivity contribution in [2.75, 3.05) is 6.54 Å². The number of nitrogens with two attached hydrogens (primary N) is 1. The van der Waals surface area contributed by atoms with Crippen molar-refractivity contribution in [2.24, 2.45) is 5.73 Å². The van der Waals surface area contributed by atoms with Gasteiger partial charge in [0.15, 0.2) is 0 Å². The molecule has 0 saturated carbocycles. The van der Waals surface area contributed by atoms with Gasteiger partial charge in [-0.05, 0) is 29.5 Å². The lowest BCUT2D eigenvalue weighted by Gasteiger charge is -2.12. The van der Waals surface area contributed by atoms with E-state index in [0.717, 1.165) is 18.4 Å². The molecule has 1 atom stereocenters. The summed E-state index contributed by atoms with van der Waals surface area (Å²) < 4.78 is 0. The summed E-state index contributed by atoms with van der Waals surface area (Å²) in [6.07, 6.45) is 3.81. The molecule has 4 nitrogen and oxygen atoms in total. The standard InChI is InChI=1S/C20H23N3O.ClH/c1-2-14-9-6-10-17-16(13-23-19(14)17)11-12-22-20(24)18(21)15-7-4-3-5-8-15;/h3-10,13,18,23H,2,11-12,21H2,1H3,(H,22,24);1H. The van der Waals surface area contributed by atoms with Crippen LogP contribution >= 0.6 is 12.4 Å². The number of nitrogens with one attached hydrogen (secondary N) is 2. The second kappa shape index (κ2) is 8.70. The van der Waals surface area contributed by atoms with Gasteiger partial charge < -0.3 is 16.0 Å². The Bertz CT molecular complexity index is 829. The van der Waals surface area contributed by atoms with E-state index in [2.05, 4.69) is 35.4 Å². The first-order valence-corrected chi connectivity index (χ1v) is 8.36. The summed E-state index contributed by atoms with van der Waals surface area (Å²) in [5.74, 6) is -0.143. The van der Waals surface area contributed by atoms with E-state index in [9.17, 15) is 4.79 Å². The van der Waals surface area contributed by atoms with Crippen molar-refractivity contribution in [3.05, 3.63) is 71.4 Å². The van der Waals surface area contributed by atoms with Crippen molar-refractivity contribution in [1.29, 1.82) is 0 Å². The number of aryl methyl sites for hydroxylation is 1. The van der Waals surface area contributed by atoms with Gasteiger partial charge in [-0.15, -0.1) is 12.4 Å². The van der Waals surface area contributed by atoms with Gasteiger partial charge in [-0.3, -0.25) is 4.79 Å². The Hall–Kier alpha value is -2.30. The molecule has 0 saturated heterocycles. The number of carbonyl (C=O) groups is 1. The molecule has 0 aliphatic carbocycles. The molecule has 0 aliphatic rings. The molecule has 3 rings (SSSR count). The highest BCUT2D eigenvalue weighted by Crippen LogP contribution is 2.22. The van der Waals surface area contributed by atoms with Gasteiger partial charge in [0.05, 0.1) is 0 Å². The molecule has 1 amide bonds. The van der Waals surface area contributed by atoms with Crippen molar-refractivity contribution in [2.45, 2.75) is 25.8 Å². The van der Waals surface area contributed by atoms with Crippen LogP contribution < -0.4 is 11.1 Å². The average molecular weight is 358 g/mol. The molecule has 2 aromatic carbocycles. The summed E-state index contributed by atoms with van der Waals surface area (Å²) in [5, 5.41) is 4.17. The fraction of sp³-hybridized carbons (Fsp3) is 0.250. The number of benzene rings is 2. The molecule has 132 valence electrons. The number of halogens is 1. The fourth-order valence-electron chi connectivity index (χ4n) is 3.02. The summed E-state index contributed by atoms with van der Waals surface area (Å²) in [6.45, 7) is 2.73. The third kappa shape index (κ3) is 4.21. The predicted octanol–water partition coefficient (Wildman–Crippen LogP) is 3.51. The number of fused-ring (bicyclic) bond motifs is 1. The van der Waals surface area contributed by atoms with Crippen LogP contribution in [0.1, 0.15) is 29.7 Å². The van der Waals surface area contributed by atoms with Gasteiger partial charge in [0.1, 0.15) is 6.04 Å².